The lowest BCUT2D eigenvalue weighted by atomic mass is 10.2. The van der Waals surface area contributed by atoms with Crippen LogP contribution in [0.5, 0.6) is 11.5 Å². The van der Waals surface area contributed by atoms with Gasteiger partial charge in [0.2, 0.25) is 0 Å². The van der Waals surface area contributed by atoms with E-state index >= 15 is 0 Å². The van der Waals surface area contributed by atoms with E-state index < -0.39 is 0 Å². The molecule has 0 unspecified atom stereocenters. The molecule has 118 valence electrons. The maximum atomic E-state index is 5.70. The van der Waals surface area contributed by atoms with Crippen molar-refractivity contribution in [2.75, 3.05) is 33.0 Å². The topological polar surface area (TPSA) is 39.7 Å². The average molecular weight is 293 g/mol. The third-order valence-electron chi connectivity index (χ3n) is 3.43. The molecule has 0 saturated heterocycles. The summed E-state index contributed by atoms with van der Waals surface area (Å²) in [5, 5.41) is 3.44. The highest BCUT2D eigenvalue weighted by atomic mass is 16.5. The van der Waals surface area contributed by atoms with E-state index in [9.17, 15) is 0 Å². The number of rotatable bonds is 9. The zero-order valence-electron chi connectivity index (χ0n) is 13.0. The van der Waals surface area contributed by atoms with Crippen LogP contribution in [0.15, 0.2) is 18.2 Å². The molecule has 0 aromatic heterocycles. The molecule has 1 N–H and O–H groups in total. The van der Waals surface area contributed by atoms with Crippen molar-refractivity contribution >= 4 is 0 Å². The zero-order valence-corrected chi connectivity index (χ0v) is 13.0. The van der Waals surface area contributed by atoms with E-state index in [1.807, 2.05) is 6.07 Å². The monoisotopic (exact) mass is 293 g/mol. The Morgan fingerprint density at radius 2 is 1.90 bits per heavy atom. The lowest BCUT2D eigenvalue weighted by Crippen LogP contribution is -2.16. The molecule has 4 nitrogen and oxygen atoms in total. The van der Waals surface area contributed by atoms with Crippen molar-refractivity contribution in [3.05, 3.63) is 23.8 Å². The minimum atomic E-state index is 0.735. The molecule has 1 aromatic carbocycles. The van der Waals surface area contributed by atoms with Crippen LogP contribution in [0.4, 0.5) is 0 Å². The molecule has 0 spiro atoms. The molecule has 1 heterocycles. The van der Waals surface area contributed by atoms with E-state index in [4.69, 9.17) is 14.2 Å². The van der Waals surface area contributed by atoms with Crippen LogP contribution in [-0.4, -0.2) is 33.0 Å². The SMILES string of the molecule is CCCCOCCCNCc1ccc2c(c1)OCCCO2. The van der Waals surface area contributed by atoms with Crippen LogP contribution in [0, 0.1) is 0 Å². The molecule has 2 rings (SSSR count). The molecular formula is C17H27NO3. The van der Waals surface area contributed by atoms with Gasteiger partial charge in [-0.1, -0.05) is 19.4 Å². The van der Waals surface area contributed by atoms with E-state index in [1.165, 1.54) is 12.0 Å². The minimum Gasteiger partial charge on any atom is -0.490 e. The first-order valence-electron chi connectivity index (χ1n) is 8.07. The third kappa shape index (κ3) is 5.94. The predicted octanol–water partition coefficient (Wildman–Crippen LogP) is 3.14. The first-order chi connectivity index (χ1) is 10.4. The fourth-order valence-electron chi connectivity index (χ4n) is 2.20. The highest BCUT2D eigenvalue weighted by Crippen LogP contribution is 2.30. The summed E-state index contributed by atoms with van der Waals surface area (Å²) in [4.78, 5) is 0. The minimum absolute atomic E-state index is 0.735. The fraction of sp³-hybridized carbons (Fsp3) is 0.647. The number of unbranched alkanes of at least 4 members (excludes halogenated alkanes) is 1. The summed E-state index contributed by atoms with van der Waals surface area (Å²) >= 11 is 0. The van der Waals surface area contributed by atoms with E-state index in [-0.39, 0.29) is 0 Å². The van der Waals surface area contributed by atoms with Gasteiger partial charge < -0.3 is 19.5 Å². The summed E-state index contributed by atoms with van der Waals surface area (Å²) in [5.41, 5.74) is 1.23. The van der Waals surface area contributed by atoms with Crippen molar-refractivity contribution in [1.29, 1.82) is 0 Å². The molecule has 1 aromatic rings. The Hall–Kier alpha value is -1.26. The van der Waals surface area contributed by atoms with Crippen LogP contribution in [0.25, 0.3) is 0 Å². The first-order valence-corrected chi connectivity index (χ1v) is 8.07. The second kappa shape index (κ2) is 9.64. The summed E-state index contributed by atoms with van der Waals surface area (Å²) in [6, 6.07) is 6.18. The molecule has 1 aliphatic rings. The first kappa shape index (κ1) is 16.1. The van der Waals surface area contributed by atoms with Gasteiger partial charge in [-0.15, -0.1) is 0 Å². The van der Waals surface area contributed by atoms with Crippen LogP contribution in [0.3, 0.4) is 0 Å². The van der Waals surface area contributed by atoms with Gasteiger partial charge in [-0.25, -0.2) is 0 Å². The van der Waals surface area contributed by atoms with Gasteiger partial charge in [0.25, 0.3) is 0 Å². The highest BCUT2D eigenvalue weighted by Gasteiger charge is 2.10. The lowest BCUT2D eigenvalue weighted by molar-refractivity contribution is 0.129. The van der Waals surface area contributed by atoms with Gasteiger partial charge in [0, 0.05) is 26.2 Å². The summed E-state index contributed by atoms with van der Waals surface area (Å²) < 4.78 is 16.9. The fourth-order valence-corrected chi connectivity index (χ4v) is 2.20. The third-order valence-corrected chi connectivity index (χ3v) is 3.43. The van der Waals surface area contributed by atoms with Crippen LogP contribution in [0.1, 0.15) is 38.2 Å². The second-order valence-electron chi connectivity index (χ2n) is 5.33. The molecule has 1 aliphatic heterocycles. The molecule has 0 saturated carbocycles. The Morgan fingerprint density at radius 3 is 2.76 bits per heavy atom. The smallest absolute Gasteiger partial charge is 0.161 e. The maximum Gasteiger partial charge on any atom is 0.161 e. The second-order valence-corrected chi connectivity index (χ2v) is 5.33. The zero-order chi connectivity index (χ0) is 14.8. The van der Waals surface area contributed by atoms with Crippen molar-refractivity contribution in [2.45, 2.75) is 39.2 Å². The number of ether oxygens (including phenoxy) is 3. The molecule has 4 heteroatoms. The van der Waals surface area contributed by atoms with Crippen LogP contribution in [0.2, 0.25) is 0 Å². The van der Waals surface area contributed by atoms with Crippen molar-refractivity contribution in [3.8, 4) is 11.5 Å². The van der Waals surface area contributed by atoms with Crippen molar-refractivity contribution in [2.24, 2.45) is 0 Å². The molecule has 0 amide bonds. The standard InChI is InChI=1S/C17H27NO3/c1-2-3-9-19-10-4-8-18-14-15-6-7-16-17(13-15)21-12-5-11-20-16/h6-7,13,18H,2-5,8-12,14H2,1H3. The Bertz CT molecular complexity index is 409. The number of benzene rings is 1. The summed E-state index contributed by atoms with van der Waals surface area (Å²) in [7, 11) is 0. The van der Waals surface area contributed by atoms with E-state index in [2.05, 4.69) is 24.4 Å². The Labute approximate surface area is 127 Å². The van der Waals surface area contributed by atoms with Gasteiger partial charge in [-0.2, -0.15) is 0 Å². The lowest BCUT2D eigenvalue weighted by Gasteiger charge is -2.10. The van der Waals surface area contributed by atoms with Crippen molar-refractivity contribution in [3.63, 3.8) is 0 Å². The molecule has 0 bridgehead atoms. The molecule has 0 atom stereocenters. The predicted molar refractivity (Wildman–Crippen MR) is 84.1 cm³/mol. The van der Waals surface area contributed by atoms with Gasteiger partial charge >= 0.3 is 0 Å². The number of hydrogen-bond acceptors (Lipinski definition) is 4. The summed E-state index contributed by atoms with van der Waals surface area (Å²) in [6.45, 7) is 7.21. The molecule has 0 radical (unpaired) electrons. The Morgan fingerprint density at radius 1 is 1.10 bits per heavy atom. The summed E-state index contributed by atoms with van der Waals surface area (Å²) in [5.74, 6) is 1.73. The van der Waals surface area contributed by atoms with E-state index in [0.29, 0.717) is 0 Å². The van der Waals surface area contributed by atoms with Gasteiger partial charge in [-0.05, 0) is 37.1 Å². The normalized spacial score (nSPS) is 14.0. The summed E-state index contributed by atoms with van der Waals surface area (Å²) in [6.07, 6.45) is 4.35. The van der Waals surface area contributed by atoms with E-state index in [0.717, 1.165) is 70.3 Å². The highest BCUT2D eigenvalue weighted by molar-refractivity contribution is 5.43. The van der Waals surface area contributed by atoms with Gasteiger partial charge in [0.05, 0.1) is 13.2 Å². The molecule has 0 aliphatic carbocycles. The molecule has 0 fully saturated rings. The largest absolute Gasteiger partial charge is 0.490 e. The van der Waals surface area contributed by atoms with Crippen molar-refractivity contribution in [1.82, 2.24) is 5.32 Å². The molecule has 21 heavy (non-hydrogen) atoms. The quantitative estimate of drug-likeness (QED) is 0.710. The molecular weight excluding hydrogens is 266 g/mol. The van der Waals surface area contributed by atoms with Crippen LogP contribution < -0.4 is 14.8 Å². The van der Waals surface area contributed by atoms with Gasteiger partial charge in [0.15, 0.2) is 11.5 Å². The Balaban J connectivity index is 1.63. The average Bonchev–Trinajstić information content (AvgIpc) is 2.74. The van der Waals surface area contributed by atoms with Gasteiger partial charge in [0.1, 0.15) is 0 Å². The number of nitrogens with one attached hydrogen (secondary N) is 1. The Kier molecular flexibility index (Phi) is 7.39. The van der Waals surface area contributed by atoms with Gasteiger partial charge in [-0.3, -0.25) is 0 Å². The van der Waals surface area contributed by atoms with Crippen LogP contribution in [-0.2, 0) is 11.3 Å². The number of fused-ring (bicyclic) bond motifs is 1. The van der Waals surface area contributed by atoms with Crippen LogP contribution >= 0.6 is 0 Å². The van der Waals surface area contributed by atoms with Crippen molar-refractivity contribution < 1.29 is 14.2 Å². The van der Waals surface area contributed by atoms with E-state index in [1.54, 1.807) is 0 Å². The number of hydrogen-bond donors (Lipinski definition) is 1. The maximum absolute atomic E-state index is 5.70.